The van der Waals surface area contributed by atoms with Gasteiger partial charge >= 0.3 is 16.4 Å². The molecular weight excluding hydrogens is 471 g/mol. The first kappa shape index (κ1) is 22.3. The van der Waals surface area contributed by atoms with Crippen LogP contribution in [0.4, 0.5) is 27.6 Å². The first-order valence-corrected chi connectivity index (χ1v) is 11.7. The summed E-state index contributed by atoms with van der Waals surface area (Å²) in [5.74, 6) is -3.88. The standard InChI is InChI=1S/C20H19F5N4O3S/c21-13-1-12(16(30)27-19-6-18(7-19,8-19)20(23,24)25)15(2-14(13)22)28-33(31,32)29-9-17(10-29)3-11(4-17)5-26/h1-2,11,28H,3-4,6-10H2,(H,27,30). The molecule has 5 aliphatic rings. The minimum atomic E-state index is -4.38. The number of amides is 1. The third kappa shape index (κ3) is 3.29. The van der Waals surface area contributed by atoms with Crippen molar-refractivity contribution in [2.45, 2.75) is 43.8 Å². The molecule has 1 spiro atoms. The fraction of sp³-hybridized carbons (Fsp3) is 0.600. The van der Waals surface area contributed by atoms with Crippen LogP contribution < -0.4 is 10.0 Å². The van der Waals surface area contributed by atoms with Crippen LogP contribution in [0.25, 0.3) is 0 Å². The molecule has 7 nitrogen and oxygen atoms in total. The maximum absolute atomic E-state index is 13.9. The largest absolute Gasteiger partial charge is 0.394 e. The molecule has 4 aliphatic carbocycles. The van der Waals surface area contributed by atoms with Gasteiger partial charge in [0.15, 0.2) is 11.6 Å². The van der Waals surface area contributed by atoms with E-state index >= 15 is 0 Å². The van der Waals surface area contributed by atoms with Crippen LogP contribution in [0.5, 0.6) is 0 Å². The average Bonchev–Trinajstić information content (AvgIpc) is 2.55. The zero-order valence-electron chi connectivity index (χ0n) is 17.1. The Labute approximate surface area is 186 Å². The maximum atomic E-state index is 13.9. The van der Waals surface area contributed by atoms with Crippen LogP contribution in [0.15, 0.2) is 12.1 Å². The Balaban J connectivity index is 1.30. The Hall–Kier alpha value is -2.46. The molecule has 5 fully saturated rings. The molecule has 178 valence electrons. The first-order chi connectivity index (χ1) is 15.2. The number of alkyl halides is 3. The summed E-state index contributed by atoms with van der Waals surface area (Å²) in [6, 6.07) is 3.18. The molecule has 2 N–H and O–H groups in total. The molecule has 1 amide bonds. The highest BCUT2D eigenvalue weighted by Crippen LogP contribution is 2.73. The number of rotatable bonds is 5. The molecule has 1 aromatic rings. The van der Waals surface area contributed by atoms with E-state index in [-0.39, 0.29) is 43.7 Å². The van der Waals surface area contributed by atoms with Crippen LogP contribution in [-0.2, 0) is 10.2 Å². The van der Waals surface area contributed by atoms with Gasteiger partial charge in [-0.15, -0.1) is 0 Å². The second-order valence-corrected chi connectivity index (χ2v) is 11.6. The maximum Gasteiger partial charge on any atom is 0.394 e. The van der Waals surface area contributed by atoms with Gasteiger partial charge in [0.05, 0.1) is 22.7 Å². The Morgan fingerprint density at radius 1 is 1.12 bits per heavy atom. The van der Waals surface area contributed by atoms with E-state index in [0.29, 0.717) is 25.0 Å². The highest BCUT2D eigenvalue weighted by Gasteiger charge is 2.79. The second kappa shape index (κ2) is 6.56. The predicted octanol–water partition coefficient (Wildman–Crippen LogP) is 3.07. The van der Waals surface area contributed by atoms with Gasteiger partial charge in [0.1, 0.15) is 0 Å². The van der Waals surface area contributed by atoms with Gasteiger partial charge in [0.25, 0.3) is 5.91 Å². The van der Waals surface area contributed by atoms with Gasteiger partial charge in [0.2, 0.25) is 0 Å². The number of nitrogens with zero attached hydrogens (tertiary/aromatic N) is 2. The molecule has 4 saturated carbocycles. The lowest BCUT2D eigenvalue weighted by Crippen LogP contribution is -2.78. The molecule has 0 unspecified atom stereocenters. The molecule has 13 heteroatoms. The summed E-state index contributed by atoms with van der Waals surface area (Å²) in [5, 5.41) is 11.3. The van der Waals surface area contributed by atoms with Crippen molar-refractivity contribution in [3.05, 3.63) is 29.3 Å². The Bertz CT molecular complexity index is 1180. The van der Waals surface area contributed by atoms with Gasteiger partial charge in [0, 0.05) is 36.0 Å². The van der Waals surface area contributed by atoms with E-state index in [1.165, 1.54) is 0 Å². The fourth-order valence-electron chi connectivity index (χ4n) is 5.76. The Kier molecular flexibility index (Phi) is 4.44. The van der Waals surface area contributed by atoms with E-state index in [2.05, 4.69) is 16.1 Å². The molecule has 6 rings (SSSR count). The van der Waals surface area contributed by atoms with Crippen LogP contribution in [0.1, 0.15) is 42.5 Å². The number of nitriles is 1. The molecule has 2 bridgehead atoms. The fourth-order valence-corrected chi connectivity index (χ4v) is 7.22. The van der Waals surface area contributed by atoms with E-state index < -0.39 is 56.1 Å². The molecule has 0 aromatic heterocycles. The van der Waals surface area contributed by atoms with Gasteiger partial charge in [-0.3, -0.25) is 9.52 Å². The summed E-state index contributed by atoms with van der Waals surface area (Å²) in [7, 11) is -4.21. The molecule has 1 heterocycles. The molecule has 33 heavy (non-hydrogen) atoms. The summed E-state index contributed by atoms with van der Waals surface area (Å²) < 4.78 is 95.5. The Morgan fingerprint density at radius 2 is 1.70 bits per heavy atom. The number of carbonyl (C=O) groups excluding carboxylic acids is 1. The van der Waals surface area contributed by atoms with Crippen LogP contribution >= 0.6 is 0 Å². The SMILES string of the molecule is N#CC1CC2(C1)CN(S(=O)(=O)Nc1cc(F)c(F)cc1C(=O)NC13CC(C(F)(F)F)(C1)C3)C2. The summed E-state index contributed by atoms with van der Waals surface area (Å²) in [6.45, 7) is 0.322. The van der Waals surface area contributed by atoms with Crippen LogP contribution in [0, 0.1) is 39.7 Å². The number of nitrogens with one attached hydrogen (secondary N) is 2. The zero-order valence-corrected chi connectivity index (χ0v) is 17.9. The van der Waals surface area contributed by atoms with Crippen molar-refractivity contribution in [1.29, 1.82) is 5.26 Å². The smallest absolute Gasteiger partial charge is 0.346 e. The van der Waals surface area contributed by atoms with E-state index in [0.717, 1.165) is 4.31 Å². The number of hydrogen-bond acceptors (Lipinski definition) is 4. The van der Waals surface area contributed by atoms with Gasteiger partial charge < -0.3 is 5.32 Å². The van der Waals surface area contributed by atoms with E-state index in [1.807, 2.05) is 0 Å². The monoisotopic (exact) mass is 490 g/mol. The van der Waals surface area contributed by atoms with Gasteiger partial charge in [-0.2, -0.15) is 31.2 Å². The highest BCUT2D eigenvalue weighted by molar-refractivity contribution is 7.90. The minimum Gasteiger partial charge on any atom is -0.346 e. The van der Waals surface area contributed by atoms with Gasteiger partial charge in [-0.25, -0.2) is 8.78 Å². The number of hydrogen-bond donors (Lipinski definition) is 2. The summed E-state index contributed by atoms with van der Waals surface area (Å²) >= 11 is 0. The third-order valence-electron chi connectivity index (χ3n) is 7.46. The van der Waals surface area contributed by atoms with Crippen molar-refractivity contribution in [2.24, 2.45) is 16.7 Å². The molecule has 1 saturated heterocycles. The van der Waals surface area contributed by atoms with Crippen molar-refractivity contribution < 1.29 is 35.2 Å². The molecule has 1 aromatic carbocycles. The molecular formula is C20H19F5N4O3S. The molecule has 0 radical (unpaired) electrons. The lowest BCUT2D eigenvalue weighted by atomic mass is 9.39. The van der Waals surface area contributed by atoms with Crippen LogP contribution in [0.3, 0.4) is 0 Å². The average molecular weight is 490 g/mol. The first-order valence-electron chi connectivity index (χ1n) is 10.3. The van der Waals surface area contributed by atoms with E-state index in [1.54, 1.807) is 0 Å². The van der Waals surface area contributed by atoms with Crippen molar-refractivity contribution in [2.75, 3.05) is 17.8 Å². The topological polar surface area (TPSA) is 102 Å². The summed E-state index contributed by atoms with van der Waals surface area (Å²) in [5.41, 5.74) is -4.20. The lowest BCUT2D eigenvalue weighted by Gasteiger charge is -2.70. The second-order valence-electron chi connectivity index (χ2n) is 9.96. The molecule has 1 aliphatic heterocycles. The molecule has 0 atom stereocenters. The number of benzene rings is 1. The number of carbonyl (C=O) groups is 1. The zero-order chi connectivity index (χ0) is 24.0. The van der Waals surface area contributed by atoms with Gasteiger partial charge in [-0.1, -0.05) is 0 Å². The van der Waals surface area contributed by atoms with Crippen molar-refractivity contribution in [3.63, 3.8) is 0 Å². The number of anilines is 1. The van der Waals surface area contributed by atoms with Crippen molar-refractivity contribution in [1.82, 2.24) is 9.62 Å². The van der Waals surface area contributed by atoms with Crippen LogP contribution in [-0.4, -0.2) is 43.4 Å². The van der Waals surface area contributed by atoms with Gasteiger partial charge in [-0.05, 0) is 38.2 Å². The normalized spacial score (nSPS) is 30.3. The minimum absolute atomic E-state index is 0.113. The predicted molar refractivity (Wildman–Crippen MR) is 104 cm³/mol. The quantitative estimate of drug-likeness (QED) is 0.620. The summed E-state index contributed by atoms with van der Waals surface area (Å²) in [4.78, 5) is 12.7. The third-order valence-corrected chi connectivity index (χ3v) is 8.88. The van der Waals surface area contributed by atoms with E-state index in [4.69, 9.17) is 5.26 Å². The van der Waals surface area contributed by atoms with E-state index in [9.17, 15) is 35.2 Å². The van der Waals surface area contributed by atoms with Crippen molar-refractivity contribution >= 4 is 21.8 Å². The lowest BCUT2D eigenvalue weighted by molar-refractivity contribution is -0.336. The van der Waals surface area contributed by atoms with Crippen LogP contribution in [0.2, 0.25) is 0 Å². The summed E-state index contributed by atoms with van der Waals surface area (Å²) in [6.07, 6.45) is -4.14. The highest BCUT2D eigenvalue weighted by atomic mass is 32.2. The van der Waals surface area contributed by atoms with Crippen molar-refractivity contribution in [3.8, 4) is 6.07 Å². The number of halogens is 5. The Morgan fingerprint density at radius 3 is 2.24 bits per heavy atom.